The summed E-state index contributed by atoms with van der Waals surface area (Å²) < 4.78 is 1.03. The molecule has 5 heteroatoms. The maximum absolute atomic E-state index is 13.1. The summed E-state index contributed by atoms with van der Waals surface area (Å²) in [5.74, 6) is 0.00852. The van der Waals surface area contributed by atoms with Gasteiger partial charge in [0.25, 0.3) is 5.91 Å². The molecule has 3 aromatic carbocycles. The van der Waals surface area contributed by atoms with Crippen molar-refractivity contribution in [3.8, 4) is 0 Å². The number of amides is 1. The van der Waals surface area contributed by atoms with Crippen molar-refractivity contribution in [2.24, 2.45) is 0 Å². The fraction of sp³-hybridized carbons (Fsp3) is 0.136. The first-order valence-electron chi connectivity index (χ1n) is 8.70. The average molecular weight is 442 g/mol. The molecule has 1 atom stereocenters. The minimum Gasteiger partial charge on any atom is -0.361 e. The highest BCUT2D eigenvalue weighted by atomic mass is 79.9. The monoisotopic (exact) mass is 440 g/mol. The number of hydrogen-bond acceptors (Lipinski definition) is 2. The highest BCUT2D eigenvalue weighted by Crippen LogP contribution is 2.36. The standard InChI is InChI=1S/C22H18BrClN2O/c1-14-10-11-16(12-19(14)23)25-21-17-7-3-4-8-18(17)22(27)26(21)13-15-6-2-5-9-20(15)24/h2-12,21,25H,13H2,1H3. The molecule has 1 heterocycles. The molecule has 0 saturated heterocycles. The minimum atomic E-state index is -0.250. The van der Waals surface area contributed by atoms with Crippen LogP contribution in [-0.2, 0) is 6.54 Å². The third kappa shape index (κ3) is 3.47. The Balaban J connectivity index is 1.71. The third-order valence-electron chi connectivity index (χ3n) is 4.83. The second-order valence-electron chi connectivity index (χ2n) is 6.62. The van der Waals surface area contributed by atoms with Gasteiger partial charge in [0.1, 0.15) is 6.17 Å². The van der Waals surface area contributed by atoms with Gasteiger partial charge < -0.3 is 10.2 Å². The van der Waals surface area contributed by atoms with E-state index in [1.807, 2.05) is 78.6 Å². The Kier molecular flexibility index (Phi) is 4.94. The van der Waals surface area contributed by atoms with Crippen LogP contribution in [0.25, 0.3) is 0 Å². The van der Waals surface area contributed by atoms with Gasteiger partial charge in [-0.3, -0.25) is 4.79 Å². The van der Waals surface area contributed by atoms with Crippen molar-refractivity contribution in [3.05, 3.63) is 98.5 Å². The Labute approximate surface area is 172 Å². The molecule has 0 saturated carbocycles. The van der Waals surface area contributed by atoms with Gasteiger partial charge in [0.2, 0.25) is 0 Å². The van der Waals surface area contributed by atoms with E-state index in [9.17, 15) is 4.79 Å². The molecule has 3 aromatic rings. The molecule has 27 heavy (non-hydrogen) atoms. The number of halogens is 2. The summed E-state index contributed by atoms with van der Waals surface area (Å²) in [5.41, 5.74) is 4.75. The van der Waals surface area contributed by atoms with Crippen molar-refractivity contribution in [2.75, 3.05) is 5.32 Å². The zero-order chi connectivity index (χ0) is 19.0. The molecule has 1 aliphatic rings. The van der Waals surface area contributed by atoms with Gasteiger partial charge in [-0.05, 0) is 42.3 Å². The fourth-order valence-corrected chi connectivity index (χ4v) is 3.91. The lowest BCUT2D eigenvalue weighted by Gasteiger charge is -2.27. The van der Waals surface area contributed by atoms with E-state index in [0.717, 1.165) is 32.4 Å². The Bertz CT molecular complexity index is 1020. The van der Waals surface area contributed by atoms with Crippen LogP contribution in [-0.4, -0.2) is 10.8 Å². The minimum absolute atomic E-state index is 0.00852. The van der Waals surface area contributed by atoms with E-state index in [1.54, 1.807) is 0 Å². The zero-order valence-electron chi connectivity index (χ0n) is 14.7. The Hall–Kier alpha value is -2.30. The molecule has 136 valence electrons. The number of nitrogens with one attached hydrogen (secondary N) is 1. The molecule has 0 fully saturated rings. The van der Waals surface area contributed by atoms with Crippen LogP contribution >= 0.6 is 27.5 Å². The first-order valence-corrected chi connectivity index (χ1v) is 9.87. The lowest BCUT2D eigenvalue weighted by molar-refractivity contribution is 0.0729. The van der Waals surface area contributed by atoms with E-state index in [-0.39, 0.29) is 12.1 Å². The van der Waals surface area contributed by atoms with E-state index >= 15 is 0 Å². The number of aryl methyl sites for hydroxylation is 1. The van der Waals surface area contributed by atoms with E-state index in [1.165, 1.54) is 0 Å². The van der Waals surface area contributed by atoms with Crippen molar-refractivity contribution in [1.29, 1.82) is 0 Å². The molecule has 0 aliphatic carbocycles. The molecule has 0 aromatic heterocycles. The van der Waals surface area contributed by atoms with Crippen LogP contribution in [0.3, 0.4) is 0 Å². The van der Waals surface area contributed by atoms with Crippen molar-refractivity contribution < 1.29 is 4.79 Å². The van der Waals surface area contributed by atoms with Crippen LogP contribution in [0.15, 0.2) is 71.2 Å². The number of fused-ring (bicyclic) bond motifs is 1. The van der Waals surface area contributed by atoms with Crippen LogP contribution in [0.4, 0.5) is 5.69 Å². The largest absolute Gasteiger partial charge is 0.361 e. The second kappa shape index (κ2) is 7.37. The summed E-state index contributed by atoms with van der Waals surface area (Å²) in [5, 5.41) is 4.18. The summed E-state index contributed by atoms with van der Waals surface area (Å²) in [6.45, 7) is 2.49. The number of hydrogen-bond donors (Lipinski definition) is 1. The summed E-state index contributed by atoms with van der Waals surface area (Å²) in [7, 11) is 0. The molecule has 1 amide bonds. The number of benzene rings is 3. The number of carbonyl (C=O) groups is 1. The predicted octanol–water partition coefficient (Wildman–Crippen LogP) is 6.18. The highest BCUT2D eigenvalue weighted by molar-refractivity contribution is 9.10. The topological polar surface area (TPSA) is 32.3 Å². The Morgan fingerprint density at radius 1 is 1.07 bits per heavy atom. The number of anilines is 1. The van der Waals surface area contributed by atoms with Gasteiger partial charge in [0, 0.05) is 32.9 Å². The van der Waals surface area contributed by atoms with Crippen molar-refractivity contribution >= 4 is 39.1 Å². The molecule has 1 N–H and O–H groups in total. The molecule has 0 bridgehead atoms. The van der Waals surface area contributed by atoms with Gasteiger partial charge in [0.05, 0.1) is 0 Å². The molecule has 1 aliphatic heterocycles. The van der Waals surface area contributed by atoms with Gasteiger partial charge >= 0.3 is 0 Å². The first kappa shape index (κ1) is 18.1. The van der Waals surface area contributed by atoms with Crippen molar-refractivity contribution in [2.45, 2.75) is 19.6 Å². The molecule has 0 radical (unpaired) electrons. The molecule has 0 spiro atoms. The van der Waals surface area contributed by atoms with Crippen LogP contribution in [0.5, 0.6) is 0 Å². The van der Waals surface area contributed by atoms with E-state index < -0.39 is 0 Å². The fourth-order valence-electron chi connectivity index (χ4n) is 3.34. The molecule has 3 nitrogen and oxygen atoms in total. The molecular weight excluding hydrogens is 424 g/mol. The normalized spacial score (nSPS) is 15.7. The maximum atomic E-state index is 13.1. The van der Waals surface area contributed by atoms with Crippen molar-refractivity contribution in [1.82, 2.24) is 4.90 Å². The molecular formula is C22H18BrClN2O. The van der Waals surface area contributed by atoms with Crippen molar-refractivity contribution in [3.63, 3.8) is 0 Å². The smallest absolute Gasteiger partial charge is 0.256 e. The van der Waals surface area contributed by atoms with Gasteiger partial charge in [-0.1, -0.05) is 70.0 Å². The van der Waals surface area contributed by atoms with E-state index in [2.05, 4.69) is 21.2 Å². The van der Waals surface area contributed by atoms with Gasteiger partial charge in [0.15, 0.2) is 0 Å². The SMILES string of the molecule is Cc1ccc(NC2c3ccccc3C(=O)N2Cc2ccccc2Cl)cc1Br. The number of rotatable bonds is 4. The number of carbonyl (C=O) groups excluding carboxylic acids is 1. The van der Waals surface area contributed by atoms with Crippen LogP contribution in [0, 0.1) is 6.92 Å². The number of nitrogens with zero attached hydrogens (tertiary/aromatic N) is 1. The second-order valence-corrected chi connectivity index (χ2v) is 7.88. The Morgan fingerprint density at radius 2 is 1.81 bits per heavy atom. The highest BCUT2D eigenvalue weighted by Gasteiger charge is 2.36. The lowest BCUT2D eigenvalue weighted by Crippen LogP contribution is -2.32. The lowest BCUT2D eigenvalue weighted by atomic mass is 10.1. The first-order chi connectivity index (χ1) is 13.0. The quantitative estimate of drug-likeness (QED) is 0.524. The van der Waals surface area contributed by atoms with Gasteiger partial charge in [-0.25, -0.2) is 0 Å². The van der Waals surface area contributed by atoms with Crippen LogP contribution in [0.1, 0.15) is 33.2 Å². The summed E-state index contributed by atoms with van der Waals surface area (Å²) in [4.78, 5) is 14.9. The predicted molar refractivity (Wildman–Crippen MR) is 113 cm³/mol. The zero-order valence-corrected chi connectivity index (χ0v) is 17.1. The summed E-state index contributed by atoms with van der Waals surface area (Å²) in [6, 6.07) is 21.5. The van der Waals surface area contributed by atoms with E-state index in [0.29, 0.717) is 11.6 Å². The summed E-state index contributed by atoms with van der Waals surface area (Å²) in [6.07, 6.45) is -0.250. The molecule has 1 unspecified atom stereocenters. The summed E-state index contributed by atoms with van der Waals surface area (Å²) >= 11 is 9.92. The Morgan fingerprint density at radius 3 is 2.59 bits per heavy atom. The molecule has 4 rings (SSSR count). The van der Waals surface area contributed by atoms with Crippen LogP contribution in [0.2, 0.25) is 5.02 Å². The third-order valence-corrected chi connectivity index (χ3v) is 6.06. The van der Waals surface area contributed by atoms with Gasteiger partial charge in [-0.15, -0.1) is 0 Å². The van der Waals surface area contributed by atoms with E-state index in [4.69, 9.17) is 11.6 Å². The van der Waals surface area contributed by atoms with Crippen LogP contribution < -0.4 is 5.32 Å². The maximum Gasteiger partial charge on any atom is 0.256 e. The van der Waals surface area contributed by atoms with Gasteiger partial charge in [-0.2, -0.15) is 0 Å². The average Bonchev–Trinajstić information content (AvgIpc) is 2.92.